The van der Waals surface area contributed by atoms with E-state index in [9.17, 15) is 14.7 Å². The number of amides is 2. The van der Waals surface area contributed by atoms with Crippen LogP contribution in [-0.4, -0.2) is 73.4 Å². The zero-order valence-electron chi connectivity index (χ0n) is 18.6. The molecule has 1 aromatic carbocycles. The van der Waals surface area contributed by atoms with Crippen LogP contribution in [0.5, 0.6) is 0 Å². The number of aliphatic hydroxyl groups excluding tert-OH is 1. The number of aryl methyl sites for hydroxylation is 1. The van der Waals surface area contributed by atoms with Gasteiger partial charge in [-0.2, -0.15) is 5.10 Å². The minimum atomic E-state index is -0.462. The van der Waals surface area contributed by atoms with E-state index < -0.39 is 11.9 Å². The Morgan fingerprint density at radius 2 is 2.06 bits per heavy atom. The summed E-state index contributed by atoms with van der Waals surface area (Å²) >= 11 is 0. The molecule has 0 bridgehead atoms. The molecule has 0 radical (unpaired) electrons. The van der Waals surface area contributed by atoms with E-state index in [0.717, 1.165) is 11.3 Å². The molecule has 1 unspecified atom stereocenters. The molecule has 1 aliphatic rings. The molecule has 10 heteroatoms. The maximum absolute atomic E-state index is 13.2. The van der Waals surface area contributed by atoms with E-state index in [-0.39, 0.29) is 30.4 Å². The molecule has 1 atom stereocenters. The second-order valence-electron chi connectivity index (χ2n) is 8.07. The zero-order valence-corrected chi connectivity index (χ0v) is 18.6. The number of imidazole rings is 1. The van der Waals surface area contributed by atoms with Crippen LogP contribution in [0.15, 0.2) is 61.1 Å². The summed E-state index contributed by atoms with van der Waals surface area (Å²) < 4.78 is 8.61. The zero-order chi connectivity index (χ0) is 23.7. The first kappa shape index (κ1) is 21.8. The molecular weight excluding hydrogens is 436 g/mol. The van der Waals surface area contributed by atoms with Crippen molar-refractivity contribution in [2.75, 3.05) is 31.7 Å². The van der Waals surface area contributed by atoms with E-state index in [4.69, 9.17) is 4.74 Å². The van der Waals surface area contributed by atoms with Crippen LogP contribution in [0.2, 0.25) is 0 Å². The van der Waals surface area contributed by atoms with Gasteiger partial charge in [-0.25, -0.2) is 4.98 Å². The summed E-state index contributed by atoms with van der Waals surface area (Å²) in [5.41, 5.74) is 3.36. The van der Waals surface area contributed by atoms with E-state index in [1.807, 2.05) is 47.1 Å². The Morgan fingerprint density at radius 1 is 1.24 bits per heavy atom. The number of hydrogen-bond donors (Lipinski definition) is 2. The number of nitrogens with one attached hydrogen (secondary N) is 1. The van der Waals surface area contributed by atoms with Gasteiger partial charge in [0, 0.05) is 43.3 Å². The lowest BCUT2D eigenvalue weighted by Crippen LogP contribution is -2.50. The summed E-state index contributed by atoms with van der Waals surface area (Å²) in [5.74, 6) is -0.826. The van der Waals surface area contributed by atoms with E-state index in [1.54, 1.807) is 19.2 Å². The second kappa shape index (κ2) is 9.08. The van der Waals surface area contributed by atoms with Crippen molar-refractivity contribution in [2.24, 2.45) is 7.05 Å². The minimum absolute atomic E-state index is 0.140. The Morgan fingerprint density at radius 3 is 2.85 bits per heavy atom. The fraction of sp³-hybridized carbons (Fsp3) is 0.250. The van der Waals surface area contributed by atoms with Gasteiger partial charge in [0.25, 0.3) is 11.8 Å². The molecule has 10 nitrogen and oxygen atoms in total. The van der Waals surface area contributed by atoms with Crippen LogP contribution in [0, 0.1) is 0 Å². The van der Waals surface area contributed by atoms with E-state index in [1.165, 1.54) is 15.8 Å². The second-order valence-corrected chi connectivity index (χ2v) is 8.07. The molecule has 1 saturated heterocycles. The third-order valence-electron chi connectivity index (χ3n) is 5.87. The van der Waals surface area contributed by atoms with Crippen molar-refractivity contribution >= 4 is 23.1 Å². The lowest BCUT2D eigenvalue weighted by Gasteiger charge is -2.34. The normalized spacial score (nSPS) is 16.1. The summed E-state index contributed by atoms with van der Waals surface area (Å²) in [5, 5.41) is 16.6. The lowest BCUT2D eigenvalue weighted by atomic mass is 10.1. The fourth-order valence-electron chi connectivity index (χ4n) is 4.09. The van der Waals surface area contributed by atoms with Crippen molar-refractivity contribution in [2.45, 2.75) is 6.04 Å². The van der Waals surface area contributed by atoms with Gasteiger partial charge in [-0.05, 0) is 6.07 Å². The first-order chi connectivity index (χ1) is 16.5. The number of anilines is 1. The number of carbonyl (C=O) groups excluding carboxylic acids is 2. The average molecular weight is 460 g/mol. The molecule has 174 valence electrons. The number of nitrogens with zero attached hydrogens (tertiary/aromatic N) is 5. The molecule has 0 spiro atoms. The van der Waals surface area contributed by atoms with Crippen LogP contribution in [0.4, 0.5) is 5.69 Å². The first-order valence-corrected chi connectivity index (χ1v) is 10.9. The third kappa shape index (κ3) is 4.04. The summed E-state index contributed by atoms with van der Waals surface area (Å²) in [6.45, 7) is 0.738. The molecule has 4 heterocycles. The number of carbonyl (C=O) groups is 2. The molecule has 1 aliphatic heterocycles. The molecular formula is C24H24N6O4. The predicted molar refractivity (Wildman–Crippen MR) is 125 cm³/mol. The maximum atomic E-state index is 13.2. The lowest BCUT2D eigenvalue weighted by molar-refractivity contribution is -0.0184. The highest BCUT2D eigenvalue weighted by molar-refractivity contribution is 6.11. The van der Waals surface area contributed by atoms with Crippen molar-refractivity contribution in [3.63, 3.8) is 0 Å². The van der Waals surface area contributed by atoms with Crippen LogP contribution in [0.1, 0.15) is 20.8 Å². The monoisotopic (exact) mass is 460 g/mol. The van der Waals surface area contributed by atoms with Crippen LogP contribution in [-0.2, 0) is 11.8 Å². The van der Waals surface area contributed by atoms with Crippen molar-refractivity contribution < 1.29 is 19.4 Å². The van der Waals surface area contributed by atoms with Gasteiger partial charge in [-0.15, -0.1) is 0 Å². The highest BCUT2D eigenvalue weighted by Gasteiger charge is 2.32. The highest BCUT2D eigenvalue weighted by atomic mass is 16.5. The van der Waals surface area contributed by atoms with Crippen molar-refractivity contribution in [3.8, 4) is 11.3 Å². The van der Waals surface area contributed by atoms with Gasteiger partial charge in [-0.1, -0.05) is 30.3 Å². The summed E-state index contributed by atoms with van der Waals surface area (Å²) in [6.07, 6.45) is 5.12. The Hall–Kier alpha value is -4.02. The smallest absolute Gasteiger partial charge is 0.274 e. The predicted octanol–water partition coefficient (Wildman–Crippen LogP) is 1.82. The molecule has 3 aromatic heterocycles. The standard InChI is InChI=1S/C24H24N6O4/c1-28-22(19(12-25-28)24(33)30-9-10-34-15-18(30)14-31)23(32)26-17-7-8-29-13-20(27-21(29)11-17)16-5-3-2-4-6-16/h2-8,11-13,18,31H,9-10,14-15H2,1H3,(H,26,32). The number of pyridine rings is 1. The van der Waals surface area contributed by atoms with E-state index >= 15 is 0 Å². The van der Waals surface area contributed by atoms with Crippen LogP contribution < -0.4 is 5.32 Å². The van der Waals surface area contributed by atoms with Gasteiger partial charge in [0.1, 0.15) is 11.3 Å². The van der Waals surface area contributed by atoms with Gasteiger partial charge in [0.15, 0.2) is 0 Å². The molecule has 0 aliphatic carbocycles. The van der Waals surface area contributed by atoms with Crippen molar-refractivity contribution in [1.29, 1.82) is 0 Å². The minimum Gasteiger partial charge on any atom is -0.394 e. The molecule has 2 amide bonds. The van der Waals surface area contributed by atoms with E-state index in [0.29, 0.717) is 24.5 Å². The molecule has 2 N–H and O–H groups in total. The molecule has 1 fully saturated rings. The molecule has 5 rings (SSSR count). The Balaban J connectivity index is 1.39. The van der Waals surface area contributed by atoms with Crippen molar-refractivity contribution in [3.05, 3.63) is 72.3 Å². The fourth-order valence-corrected chi connectivity index (χ4v) is 4.09. The number of aliphatic hydroxyl groups is 1. The van der Waals surface area contributed by atoms with Crippen LogP contribution in [0.25, 0.3) is 16.9 Å². The summed E-state index contributed by atoms with van der Waals surface area (Å²) in [4.78, 5) is 32.5. The number of morpholine rings is 1. The van der Waals surface area contributed by atoms with Crippen molar-refractivity contribution in [1.82, 2.24) is 24.1 Å². The first-order valence-electron chi connectivity index (χ1n) is 10.9. The molecule has 34 heavy (non-hydrogen) atoms. The Labute approximate surface area is 195 Å². The number of rotatable bonds is 5. The summed E-state index contributed by atoms with van der Waals surface area (Å²) in [7, 11) is 1.61. The van der Waals surface area contributed by atoms with Gasteiger partial charge in [-0.3, -0.25) is 14.3 Å². The van der Waals surface area contributed by atoms with E-state index in [2.05, 4.69) is 15.4 Å². The van der Waals surface area contributed by atoms with Crippen LogP contribution in [0.3, 0.4) is 0 Å². The summed E-state index contributed by atoms with van der Waals surface area (Å²) in [6, 6.07) is 12.9. The maximum Gasteiger partial charge on any atom is 0.274 e. The highest BCUT2D eigenvalue weighted by Crippen LogP contribution is 2.22. The van der Waals surface area contributed by atoms with Gasteiger partial charge < -0.3 is 24.5 Å². The average Bonchev–Trinajstić information content (AvgIpc) is 3.47. The third-order valence-corrected chi connectivity index (χ3v) is 5.87. The quantitative estimate of drug-likeness (QED) is 0.470. The Kier molecular flexibility index (Phi) is 5.83. The number of fused-ring (bicyclic) bond motifs is 1. The van der Waals surface area contributed by atoms with Gasteiger partial charge in [0.2, 0.25) is 0 Å². The largest absolute Gasteiger partial charge is 0.394 e. The topological polar surface area (TPSA) is 114 Å². The molecule has 0 saturated carbocycles. The number of ether oxygens (including phenoxy) is 1. The Bertz CT molecular complexity index is 1350. The SMILES string of the molecule is Cn1ncc(C(=O)N2CCOCC2CO)c1C(=O)Nc1ccn2cc(-c3ccccc3)nc2c1. The number of aromatic nitrogens is 4. The number of hydrogen-bond acceptors (Lipinski definition) is 6. The number of benzene rings is 1. The van der Waals surface area contributed by atoms with Gasteiger partial charge >= 0.3 is 0 Å². The van der Waals surface area contributed by atoms with Gasteiger partial charge in [0.05, 0.1) is 43.3 Å². The molecule has 4 aromatic rings. The van der Waals surface area contributed by atoms with Crippen LogP contribution >= 0.6 is 0 Å².